The maximum atomic E-state index is 13.7. The Morgan fingerprint density at radius 3 is 2.46 bits per heavy atom. The summed E-state index contributed by atoms with van der Waals surface area (Å²) in [5.74, 6) is -1.98. The highest BCUT2D eigenvalue weighted by Crippen LogP contribution is 2.21. The number of aliphatic hydroxyl groups is 1. The van der Waals surface area contributed by atoms with Gasteiger partial charge in [0.05, 0.1) is 5.56 Å². The Bertz CT molecular complexity index is 931. The van der Waals surface area contributed by atoms with E-state index >= 15 is 0 Å². The second-order valence-corrected chi connectivity index (χ2v) is 6.13. The second kappa shape index (κ2) is 9.05. The smallest absolute Gasteiger partial charge is 0.270 e. The first-order valence-electron chi connectivity index (χ1n) is 8.68. The zero-order chi connectivity index (χ0) is 19.9. The van der Waals surface area contributed by atoms with E-state index in [-0.39, 0.29) is 18.1 Å². The molecule has 0 saturated heterocycles. The summed E-state index contributed by atoms with van der Waals surface area (Å²) in [7, 11) is 0. The normalized spacial score (nSPS) is 11.7. The van der Waals surface area contributed by atoms with Crippen molar-refractivity contribution >= 4 is 11.6 Å². The van der Waals surface area contributed by atoms with Crippen LogP contribution in [0.3, 0.4) is 0 Å². The van der Waals surface area contributed by atoms with Crippen molar-refractivity contribution < 1.29 is 18.7 Å². The summed E-state index contributed by atoms with van der Waals surface area (Å²) in [5.41, 5.74) is 1.24. The van der Waals surface area contributed by atoms with Gasteiger partial charge in [0, 0.05) is 25.0 Å². The average molecular weight is 383 g/mol. The first-order chi connectivity index (χ1) is 13.5. The maximum Gasteiger partial charge on any atom is 0.270 e. The van der Waals surface area contributed by atoms with Gasteiger partial charge in [0.2, 0.25) is 0 Å². The number of amides is 1. The Hall–Kier alpha value is -3.32. The Kier molecular flexibility index (Phi) is 6.29. The zero-order valence-corrected chi connectivity index (χ0v) is 14.9. The number of aromatic nitrogens is 1. The minimum Gasteiger partial charge on any atom is -0.386 e. The van der Waals surface area contributed by atoms with Crippen LogP contribution in [0.1, 0.15) is 27.7 Å². The third kappa shape index (κ3) is 4.89. The molecule has 0 aliphatic heterocycles. The molecular weight excluding hydrogens is 364 g/mol. The molecule has 0 spiro atoms. The molecule has 5 nitrogen and oxygen atoms in total. The highest BCUT2D eigenvalue weighted by Gasteiger charge is 2.17. The van der Waals surface area contributed by atoms with Crippen molar-refractivity contribution in [1.82, 2.24) is 10.3 Å². The van der Waals surface area contributed by atoms with Gasteiger partial charge in [0.25, 0.3) is 5.91 Å². The van der Waals surface area contributed by atoms with Crippen molar-refractivity contribution in [2.24, 2.45) is 0 Å². The van der Waals surface area contributed by atoms with Gasteiger partial charge in [-0.25, -0.2) is 8.78 Å². The summed E-state index contributed by atoms with van der Waals surface area (Å²) in [6.07, 6.45) is 0.0558. The number of carbonyl (C=O) groups excluding carboxylic acids is 1. The Labute approximate surface area is 161 Å². The van der Waals surface area contributed by atoms with Gasteiger partial charge in [-0.1, -0.05) is 36.4 Å². The molecule has 0 fully saturated rings. The van der Waals surface area contributed by atoms with Crippen LogP contribution in [-0.4, -0.2) is 22.5 Å². The molecule has 28 heavy (non-hydrogen) atoms. The fourth-order valence-electron chi connectivity index (χ4n) is 2.68. The van der Waals surface area contributed by atoms with E-state index in [4.69, 9.17) is 0 Å². The highest BCUT2D eigenvalue weighted by atomic mass is 19.1. The van der Waals surface area contributed by atoms with E-state index in [9.17, 15) is 18.7 Å². The monoisotopic (exact) mass is 383 g/mol. The van der Waals surface area contributed by atoms with Gasteiger partial charge >= 0.3 is 0 Å². The van der Waals surface area contributed by atoms with Crippen LogP contribution < -0.4 is 10.6 Å². The van der Waals surface area contributed by atoms with Crippen LogP contribution in [0.25, 0.3) is 0 Å². The Balaban J connectivity index is 1.61. The third-order valence-electron chi connectivity index (χ3n) is 4.12. The van der Waals surface area contributed by atoms with Crippen LogP contribution in [0.5, 0.6) is 0 Å². The number of halogens is 2. The van der Waals surface area contributed by atoms with Crippen LogP contribution in [0.4, 0.5) is 14.5 Å². The van der Waals surface area contributed by atoms with E-state index in [0.717, 1.165) is 17.7 Å². The molecule has 0 aliphatic rings. The van der Waals surface area contributed by atoms with Crippen LogP contribution >= 0.6 is 0 Å². The molecule has 1 atom stereocenters. The quantitative estimate of drug-likeness (QED) is 0.584. The van der Waals surface area contributed by atoms with E-state index < -0.39 is 23.3 Å². The van der Waals surface area contributed by atoms with Gasteiger partial charge in [-0.2, -0.15) is 0 Å². The first-order valence-corrected chi connectivity index (χ1v) is 8.68. The van der Waals surface area contributed by atoms with E-state index in [1.807, 2.05) is 30.3 Å². The summed E-state index contributed by atoms with van der Waals surface area (Å²) in [4.78, 5) is 16.3. The topological polar surface area (TPSA) is 74.2 Å². The van der Waals surface area contributed by atoms with Crippen molar-refractivity contribution in [1.29, 1.82) is 0 Å². The van der Waals surface area contributed by atoms with Gasteiger partial charge in [-0.15, -0.1) is 0 Å². The standard InChI is InChI=1S/C21H19F2N3O2/c22-16-7-4-8-17(23)20(16)19(27)13-25-15-9-10-24-18(11-15)21(28)26-12-14-5-2-1-3-6-14/h1-11,19,27H,12-13H2,(H,24,25)(H,26,28). The lowest BCUT2D eigenvalue weighted by Crippen LogP contribution is -2.24. The molecule has 144 valence electrons. The number of anilines is 1. The Morgan fingerprint density at radius 2 is 1.75 bits per heavy atom. The number of carbonyl (C=O) groups is 1. The molecule has 1 amide bonds. The lowest BCUT2D eigenvalue weighted by atomic mass is 10.1. The summed E-state index contributed by atoms with van der Waals surface area (Å²) in [5, 5.41) is 15.7. The minimum atomic E-state index is -1.38. The molecule has 7 heteroatoms. The predicted octanol–water partition coefficient (Wildman–Crippen LogP) is 3.44. The fourth-order valence-corrected chi connectivity index (χ4v) is 2.68. The molecular formula is C21H19F2N3O2. The van der Waals surface area contributed by atoms with Crippen LogP contribution in [-0.2, 0) is 6.54 Å². The SMILES string of the molecule is O=C(NCc1ccccc1)c1cc(NCC(O)c2c(F)cccc2F)ccn1. The van der Waals surface area contributed by atoms with E-state index in [1.165, 1.54) is 18.3 Å². The number of hydrogen-bond donors (Lipinski definition) is 3. The summed E-state index contributed by atoms with van der Waals surface area (Å²) in [6.45, 7) is 0.233. The molecule has 3 aromatic rings. The molecule has 0 saturated carbocycles. The number of rotatable bonds is 7. The van der Waals surface area contributed by atoms with Gasteiger partial charge in [-0.3, -0.25) is 9.78 Å². The van der Waals surface area contributed by atoms with Crippen molar-refractivity contribution in [3.8, 4) is 0 Å². The van der Waals surface area contributed by atoms with Crippen molar-refractivity contribution in [3.63, 3.8) is 0 Å². The first kappa shape index (κ1) is 19.4. The number of pyridine rings is 1. The second-order valence-electron chi connectivity index (χ2n) is 6.13. The predicted molar refractivity (Wildman–Crippen MR) is 102 cm³/mol. The molecule has 1 aromatic heterocycles. The summed E-state index contributed by atoms with van der Waals surface area (Å²) < 4.78 is 27.5. The van der Waals surface area contributed by atoms with E-state index in [1.54, 1.807) is 6.07 Å². The number of benzene rings is 2. The lowest BCUT2D eigenvalue weighted by Gasteiger charge is -2.15. The van der Waals surface area contributed by atoms with Crippen molar-refractivity contribution in [2.75, 3.05) is 11.9 Å². The molecule has 1 unspecified atom stereocenters. The van der Waals surface area contributed by atoms with Gasteiger partial charge in [0.1, 0.15) is 23.4 Å². The summed E-state index contributed by atoms with van der Waals surface area (Å²) in [6, 6.07) is 16.0. The average Bonchev–Trinajstić information content (AvgIpc) is 2.71. The molecule has 1 heterocycles. The number of nitrogens with zero attached hydrogens (tertiary/aromatic N) is 1. The number of aliphatic hydroxyl groups excluding tert-OH is 1. The maximum absolute atomic E-state index is 13.7. The fraction of sp³-hybridized carbons (Fsp3) is 0.143. The molecule has 3 rings (SSSR count). The van der Waals surface area contributed by atoms with Gasteiger partial charge < -0.3 is 15.7 Å². The van der Waals surface area contributed by atoms with Crippen molar-refractivity contribution in [3.05, 3.63) is 95.3 Å². The van der Waals surface area contributed by atoms with E-state index in [2.05, 4.69) is 15.6 Å². The van der Waals surface area contributed by atoms with Gasteiger partial charge in [0.15, 0.2) is 0 Å². The van der Waals surface area contributed by atoms with Crippen LogP contribution in [0, 0.1) is 11.6 Å². The zero-order valence-electron chi connectivity index (χ0n) is 14.9. The van der Waals surface area contributed by atoms with E-state index in [0.29, 0.717) is 12.2 Å². The summed E-state index contributed by atoms with van der Waals surface area (Å²) >= 11 is 0. The largest absolute Gasteiger partial charge is 0.386 e. The molecule has 0 aliphatic carbocycles. The van der Waals surface area contributed by atoms with Crippen LogP contribution in [0.15, 0.2) is 66.9 Å². The van der Waals surface area contributed by atoms with Crippen molar-refractivity contribution in [2.45, 2.75) is 12.6 Å². The third-order valence-corrected chi connectivity index (χ3v) is 4.12. The molecule has 0 bridgehead atoms. The lowest BCUT2D eigenvalue weighted by molar-refractivity contribution is 0.0946. The molecule has 0 radical (unpaired) electrons. The minimum absolute atomic E-state index is 0.132. The Morgan fingerprint density at radius 1 is 1.04 bits per heavy atom. The number of hydrogen-bond acceptors (Lipinski definition) is 4. The van der Waals surface area contributed by atoms with Gasteiger partial charge in [-0.05, 0) is 29.8 Å². The molecule has 2 aromatic carbocycles. The molecule has 3 N–H and O–H groups in total. The number of nitrogens with one attached hydrogen (secondary N) is 2. The van der Waals surface area contributed by atoms with Crippen LogP contribution in [0.2, 0.25) is 0 Å². The highest BCUT2D eigenvalue weighted by molar-refractivity contribution is 5.93.